The van der Waals surface area contributed by atoms with Crippen molar-refractivity contribution >= 4 is 5.91 Å². The predicted octanol–water partition coefficient (Wildman–Crippen LogP) is 2.87. The van der Waals surface area contributed by atoms with Gasteiger partial charge in [-0.2, -0.15) is 5.10 Å². The molecule has 5 heteroatoms. The lowest BCUT2D eigenvalue weighted by Gasteiger charge is -2.08. The zero-order valence-electron chi connectivity index (χ0n) is 12.4. The first-order valence-corrected chi connectivity index (χ1v) is 7.31. The molecule has 2 aromatic carbocycles. The van der Waals surface area contributed by atoms with Gasteiger partial charge in [-0.25, -0.2) is 9.07 Å². The third-order valence-electron chi connectivity index (χ3n) is 3.48. The Morgan fingerprint density at radius 3 is 2.78 bits per heavy atom. The standard InChI is InChI=1S/C18H16FN3O/c19-17-8-2-1-6-15(17)12-18(23)20-13-14-5-3-7-16(11-14)22-10-4-9-21-22/h1-11H,12-13H2,(H,20,23). The molecule has 0 aliphatic carbocycles. The van der Waals surface area contributed by atoms with Gasteiger partial charge >= 0.3 is 0 Å². The van der Waals surface area contributed by atoms with Gasteiger partial charge in [0.15, 0.2) is 0 Å². The van der Waals surface area contributed by atoms with Crippen molar-refractivity contribution in [2.24, 2.45) is 0 Å². The summed E-state index contributed by atoms with van der Waals surface area (Å²) in [5, 5.41) is 6.99. The van der Waals surface area contributed by atoms with E-state index in [0.29, 0.717) is 12.1 Å². The fourth-order valence-electron chi connectivity index (χ4n) is 2.31. The van der Waals surface area contributed by atoms with Crippen LogP contribution in [-0.4, -0.2) is 15.7 Å². The third-order valence-corrected chi connectivity index (χ3v) is 3.48. The summed E-state index contributed by atoms with van der Waals surface area (Å²) in [6.45, 7) is 0.391. The zero-order valence-corrected chi connectivity index (χ0v) is 12.4. The smallest absolute Gasteiger partial charge is 0.224 e. The molecule has 0 aliphatic heterocycles. The number of carbonyl (C=O) groups is 1. The monoisotopic (exact) mass is 309 g/mol. The van der Waals surface area contributed by atoms with Gasteiger partial charge in [0.05, 0.1) is 12.1 Å². The number of carbonyl (C=O) groups excluding carboxylic acids is 1. The molecule has 1 aromatic heterocycles. The second-order valence-corrected chi connectivity index (χ2v) is 5.17. The predicted molar refractivity (Wildman–Crippen MR) is 85.5 cm³/mol. The van der Waals surface area contributed by atoms with E-state index in [4.69, 9.17) is 0 Å². The molecule has 1 heterocycles. The van der Waals surface area contributed by atoms with Crippen molar-refractivity contribution in [3.63, 3.8) is 0 Å². The minimum atomic E-state index is -0.358. The second-order valence-electron chi connectivity index (χ2n) is 5.17. The molecule has 23 heavy (non-hydrogen) atoms. The molecule has 0 atom stereocenters. The molecule has 3 aromatic rings. The maximum Gasteiger partial charge on any atom is 0.224 e. The average molecular weight is 309 g/mol. The van der Waals surface area contributed by atoms with Gasteiger partial charge in [0, 0.05) is 18.9 Å². The van der Waals surface area contributed by atoms with Crippen molar-refractivity contribution in [2.75, 3.05) is 0 Å². The summed E-state index contributed by atoms with van der Waals surface area (Å²) >= 11 is 0. The Balaban J connectivity index is 1.61. The van der Waals surface area contributed by atoms with E-state index in [0.717, 1.165) is 11.3 Å². The van der Waals surface area contributed by atoms with E-state index in [1.807, 2.05) is 36.5 Å². The molecular weight excluding hydrogens is 293 g/mol. The van der Waals surface area contributed by atoms with E-state index in [-0.39, 0.29) is 18.1 Å². The number of hydrogen-bond acceptors (Lipinski definition) is 2. The number of amides is 1. The Kier molecular flexibility index (Phi) is 4.47. The molecule has 0 fully saturated rings. The van der Waals surface area contributed by atoms with Crippen LogP contribution >= 0.6 is 0 Å². The van der Waals surface area contributed by atoms with E-state index >= 15 is 0 Å². The lowest BCUT2D eigenvalue weighted by Crippen LogP contribution is -2.25. The Bertz CT molecular complexity index is 800. The molecule has 116 valence electrons. The lowest BCUT2D eigenvalue weighted by atomic mass is 10.1. The van der Waals surface area contributed by atoms with Crippen molar-refractivity contribution in [1.29, 1.82) is 0 Å². The van der Waals surface area contributed by atoms with E-state index < -0.39 is 0 Å². The van der Waals surface area contributed by atoms with E-state index in [1.54, 1.807) is 29.1 Å². The van der Waals surface area contributed by atoms with E-state index in [1.165, 1.54) is 6.07 Å². The zero-order chi connectivity index (χ0) is 16.1. The van der Waals surface area contributed by atoms with Gasteiger partial charge in [-0.1, -0.05) is 30.3 Å². The van der Waals surface area contributed by atoms with Gasteiger partial charge < -0.3 is 5.32 Å². The van der Waals surface area contributed by atoms with Gasteiger partial charge in [-0.15, -0.1) is 0 Å². The van der Waals surface area contributed by atoms with E-state index in [2.05, 4.69) is 10.4 Å². The van der Waals surface area contributed by atoms with Crippen LogP contribution in [0.15, 0.2) is 67.0 Å². The van der Waals surface area contributed by atoms with Crippen molar-refractivity contribution < 1.29 is 9.18 Å². The number of rotatable bonds is 5. The molecule has 0 saturated carbocycles. The van der Waals surface area contributed by atoms with Gasteiger partial charge in [0.2, 0.25) is 5.91 Å². The van der Waals surface area contributed by atoms with Crippen molar-refractivity contribution in [3.05, 3.63) is 83.9 Å². The minimum absolute atomic E-state index is 0.0333. The number of nitrogens with zero attached hydrogens (tertiary/aromatic N) is 2. The van der Waals surface area contributed by atoms with Crippen LogP contribution in [0.4, 0.5) is 4.39 Å². The Labute approximate surface area is 133 Å². The van der Waals surface area contributed by atoms with Gasteiger partial charge in [-0.05, 0) is 35.4 Å². The molecular formula is C18H16FN3O. The average Bonchev–Trinajstić information content (AvgIpc) is 3.10. The Hall–Kier alpha value is -2.95. The van der Waals surface area contributed by atoms with Crippen LogP contribution in [0.1, 0.15) is 11.1 Å². The van der Waals surface area contributed by atoms with Gasteiger partial charge in [-0.3, -0.25) is 4.79 Å². The van der Waals surface area contributed by atoms with Crippen LogP contribution in [0.3, 0.4) is 0 Å². The molecule has 1 N–H and O–H groups in total. The number of hydrogen-bond donors (Lipinski definition) is 1. The molecule has 1 amide bonds. The summed E-state index contributed by atoms with van der Waals surface area (Å²) in [4.78, 5) is 12.0. The molecule has 0 bridgehead atoms. The quantitative estimate of drug-likeness (QED) is 0.788. The topological polar surface area (TPSA) is 46.9 Å². The highest BCUT2D eigenvalue weighted by atomic mass is 19.1. The highest BCUT2D eigenvalue weighted by molar-refractivity contribution is 5.78. The van der Waals surface area contributed by atoms with E-state index in [9.17, 15) is 9.18 Å². The Morgan fingerprint density at radius 1 is 1.13 bits per heavy atom. The van der Waals surface area contributed by atoms with Crippen LogP contribution < -0.4 is 5.32 Å². The second kappa shape index (κ2) is 6.87. The number of benzene rings is 2. The molecule has 0 radical (unpaired) electrons. The summed E-state index contributed by atoms with van der Waals surface area (Å²) < 4.78 is 15.3. The fourth-order valence-corrected chi connectivity index (χ4v) is 2.31. The summed E-state index contributed by atoms with van der Waals surface area (Å²) in [5.41, 5.74) is 2.28. The van der Waals surface area contributed by atoms with Crippen LogP contribution in [0.25, 0.3) is 5.69 Å². The van der Waals surface area contributed by atoms with Crippen LogP contribution in [0.2, 0.25) is 0 Å². The lowest BCUT2D eigenvalue weighted by molar-refractivity contribution is -0.120. The normalized spacial score (nSPS) is 10.5. The third kappa shape index (κ3) is 3.83. The highest BCUT2D eigenvalue weighted by Crippen LogP contribution is 2.10. The first kappa shape index (κ1) is 15.0. The first-order valence-electron chi connectivity index (χ1n) is 7.31. The number of aromatic nitrogens is 2. The van der Waals surface area contributed by atoms with Crippen LogP contribution in [0, 0.1) is 5.82 Å². The van der Waals surface area contributed by atoms with Gasteiger partial charge in [0.25, 0.3) is 0 Å². The largest absolute Gasteiger partial charge is 0.352 e. The van der Waals surface area contributed by atoms with Gasteiger partial charge in [0.1, 0.15) is 5.82 Å². The number of halogens is 1. The summed E-state index contributed by atoms with van der Waals surface area (Å²) in [6.07, 6.45) is 3.60. The van der Waals surface area contributed by atoms with Crippen molar-refractivity contribution in [2.45, 2.75) is 13.0 Å². The number of nitrogens with one attached hydrogen (secondary N) is 1. The molecule has 3 rings (SSSR count). The fraction of sp³-hybridized carbons (Fsp3) is 0.111. The maximum atomic E-state index is 13.5. The summed E-state index contributed by atoms with van der Waals surface area (Å²) in [7, 11) is 0. The highest BCUT2D eigenvalue weighted by Gasteiger charge is 2.07. The molecule has 0 unspecified atom stereocenters. The molecule has 4 nitrogen and oxygen atoms in total. The van der Waals surface area contributed by atoms with Crippen molar-refractivity contribution in [1.82, 2.24) is 15.1 Å². The van der Waals surface area contributed by atoms with Crippen LogP contribution in [-0.2, 0) is 17.8 Å². The van der Waals surface area contributed by atoms with Crippen LogP contribution in [0.5, 0.6) is 0 Å². The summed E-state index contributed by atoms with van der Waals surface area (Å²) in [6, 6.07) is 15.9. The molecule has 0 saturated heterocycles. The molecule has 0 spiro atoms. The molecule has 0 aliphatic rings. The first-order chi connectivity index (χ1) is 11.2. The van der Waals surface area contributed by atoms with Crippen molar-refractivity contribution in [3.8, 4) is 5.69 Å². The minimum Gasteiger partial charge on any atom is -0.352 e. The SMILES string of the molecule is O=C(Cc1ccccc1F)NCc1cccc(-n2cccn2)c1. The maximum absolute atomic E-state index is 13.5. The summed E-state index contributed by atoms with van der Waals surface area (Å²) in [5.74, 6) is -0.567. The Morgan fingerprint density at radius 2 is 2.00 bits per heavy atom.